The molecule has 4 heteroatoms. The van der Waals surface area contributed by atoms with Crippen LogP contribution in [0.15, 0.2) is 0 Å². The van der Waals surface area contributed by atoms with Gasteiger partial charge in [-0.25, -0.2) is 4.79 Å². The average Bonchev–Trinajstić information content (AvgIpc) is 2.37. The Labute approximate surface area is 111 Å². The van der Waals surface area contributed by atoms with Crippen LogP contribution in [0.4, 0.5) is 4.79 Å². The van der Waals surface area contributed by atoms with Crippen LogP contribution in [0.2, 0.25) is 0 Å². The van der Waals surface area contributed by atoms with Gasteiger partial charge in [-0.1, -0.05) is 13.3 Å². The number of carbonyl (C=O) groups excluding carboxylic acids is 1. The minimum Gasteiger partial charge on any atom is -0.338 e. The first-order valence-electron chi connectivity index (χ1n) is 7.40. The summed E-state index contributed by atoms with van der Waals surface area (Å²) in [6, 6.07) is 0.387. The number of rotatable bonds is 6. The molecule has 1 aliphatic rings. The van der Waals surface area contributed by atoms with Gasteiger partial charge in [0.05, 0.1) is 0 Å². The number of urea groups is 1. The van der Waals surface area contributed by atoms with Gasteiger partial charge < -0.3 is 15.5 Å². The third kappa shape index (κ3) is 5.25. The Kier molecular flexibility index (Phi) is 7.09. The molecule has 0 atom stereocenters. The van der Waals surface area contributed by atoms with Crippen molar-refractivity contribution in [3.63, 3.8) is 0 Å². The Morgan fingerprint density at radius 3 is 2.61 bits per heavy atom. The van der Waals surface area contributed by atoms with Crippen molar-refractivity contribution in [2.45, 2.75) is 52.5 Å². The zero-order chi connectivity index (χ0) is 13.4. The number of hydrogen-bond acceptors (Lipinski definition) is 2. The van der Waals surface area contributed by atoms with Gasteiger partial charge in [-0.2, -0.15) is 0 Å². The number of hydrogen-bond donors (Lipinski definition) is 2. The number of nitrogens with zero attached hydrogens (tertiary/aromatic N) is 1. The summed E-state index contributed by atoms with van der Waals surface area (Å²) in [5.74, 6) is 0.658. The maximum Gasteiger partial charge on any atom is 0.317 e. The predicted octanol–water partition coefficient (Wildman–Crippen LogP) is 2.21. The number of unbranched alkanes of at least 4 members (excludes halogenated alkanes) is 1. The fourth-order valence-corrected chi connectivity index (χ4v) is 2.34. The second kappa shape index (κ2) is 8.35. The molecule has 2 N–H and O–H groups in total. The van der Waals surface area contributed by atoms with Gasteiger partial charge in [-0.05, 0) is 52.1 Å². The molecule has 106 valence electrons. The summed E-state index contributed by atoms with van der Waals surface area (Å²) in [4.78, 5) is 14.1. The first kappa shape index (κ1) is 15.3. The summed E-state index contributed by atoms with van der Waals surface area (Å²) < 4.78 is 0. The van der Waals surface area contributed by atoms with Gasteiger partial charge in [0, 0.05) is 19.1 Å². The largest absolute Gasteiger partial charge is 0.338 e. The highest BCUT2D eigenvalue weighted by Crippen LogP contribution is 2.15. The van der Waals surface area contributed by atoms with E-state index in [1.54, 1.807) is 0 Å². The number of carbonyl (C=O) groups is 1. The second-order valence-corrected chi connectivity index (χ2v) is 5.52. The van der Waals surface area contributed by atoms with Crippen molar-refractivity contribution in [3.05, 3.63) is 0 Å². The summed E-state index contributed by atoms with van der Waals surface area (Å²) in [7, 11) is 0. The molecule has 4 nitrogen and oxygen atoms in total. The molecule has 1 saturated heterocycles. The summed E-state index contributed by atoms with van der Waals surface area (Å²) in [5.41, 5.74) is 0. The Morgan fingerprint density at radius 1 is 1.39 bits per heavy atom. The van der Waals surface area contributed by atoms with E-state index in [4.69, 9.17) is 0 Å². The average molecular weight is 255 g/mol. The summed E-state index contributed by atoms with van der Waals surface area (Å²) in [5, 5.41) is 6.40. The molecule has 0 unspecified atom stereocenters. The number of amides is 2. The minimum absolute atomic E-state index is 0.108. The topological polar surface area (TPSA) is 44.4 Å². The Balaban J connectivity index is 2.39. The normalized spacial score (nSPS) is 16.9. The molecule has 1 aliphatic heterocycles. The molecule has 1 fully saturated rings. The van der Waals surface area contributed by atoms with Gasteiger partial charge in [0.15, 0.2) is 0 Å². The molecular formula is C14H29N3O. The quantitative estimate of drug-likeness (QED) is 0.715. The SMILES string of the molecule is CCCCNC(=O)N(CC1CCNCC1)C(C)C. The van der Waals surface area contributed by atoms with Crippen molar-refractivity contribution in [1.82, 2.24) is 15.5 Å². The summed E-state index contributed by atoms with van der Waals surface area (Å²) in [6.45, 7) is 10.2. The maximum absolute atomic E-state index is 12.1. The van der Waals surface area contributed by atoms with Crippen LogP contribution in [0.5, 0.6) is 0 Å². The van der Waals surface area contributed by atoms with Gasteiger partial charge in [0.25, 0.3) is 0 Å². The van der Waals surface area contributed by atoms with E-state index < -0.39 is 0 Å². The molecule has 0 aliphatic carbocycles. The van der Waals surface area contributed by atoms with Crippen molar-refractivity contribution in [2.24, 2.45) is 5.92 Å². The van der Waals surface area contributed by atoms with Crippen LogP contribution < -0.4 is 10.6 Å². The fraction of sp³-hybridized carbons (Fsp3) is 0.929. The highest BCUT2D eigenvalue weighted by molar-refractivity contribution is 5.74. The van der Waals surface area contributed by atoms with Gasteiger partial charge in [-0.3, -0.25) is 0 Å². The third-order valence-corrected chi connectivity index (χ3v) is 3.60. The molecule has 2 amide bonds. The van der Waals surface area contributed by atoms with Crippen molar-refractivity contribution >= 4 is 6.03 Å². The maximum atomic E-state index is 12.1. The molecule has 0 radical (unpaired) electrons. The summed E-state index contributed by atoms with van der Waals surface area (Å²) >= 11 is 0. The monoisotopic (exact) mass is 255 g/mol. The van der Waals surface area contributed by atoms with Gasteiger partial charge in [0.2, 0.25) is 0 Å². The molecule has 0 aromatic rings. The van der Waals surface area contributed by atoms with E-state index in [1.165, 1.54) is 12.8 Å². The Morgan fingerprint density at radius 2 is 2.06 bits per heavy atom. The lowest BCUT2D eigenvalue weighted by Crippen LogP contribution is -2.47. The molecule has 18 heavy (non-hydrogen) atoms. The van der Waals surface area contributed by atoms with Crippen molar-refractivity contribution in [2.75, 3.05) is 26.2 Å². The highest BCUT2D eigenvalue weighted by atomic mass is 16.2. The van der Waals surface area contributed by atoms with Gasteiger partial charge in [-0.15, -0.1) is 0 Å². The summed E-state index contributed by atoms with van der Waals surface area (Å²) in [6.07, 6.45) is 4.55. The van der Waals surface area contributed by atoms with E-state index in [1.807, 2.05) is 4.90 Å². The van der Waals surface area contributed by atoms with Crippen molar-refractivity contribution in [1.29, 1.82) is 0 Å². The van der Waals surface area contributed by atoms with Crippen LogP contribution in [-0.4, -0.2) is 43.2 Å². The van der Waals surface area contributed by atoms with E-state index in [9.17, 15) is 4.79 Å². The zero-order valence-electron chi connectivity index (χ0n) is 12.2. The van der Waals surface area contributed by atoms with Crippen LogP contribution >= 0.6 is 0 Å². The number of nitrogens with one attached hydrogen (secondary N) is 2. The fourth-order valence-electron chi connectivity index (χ4n) is 2.34. The van der Waals surface area contributed by atoms with E-state index in [-0.39, 0.29) is 12.1 Å². The Hall–Kier alpha value is -0.770. The molecule has 0 spiro atoms. The molecule has 1 rings (SSSR count). The van der Waals surface area contributed by atoms with Crippen LogP contribution in [-0.2, 0) is 0 Å². The van der Waals surface area contributed by atoms with E-state index in [2.05, 4.69) is 31.4 Å². The van der Waals surface area contributed by atoms with E-state index in [0.29, 0.717) is 5.92 Å². The van der Waals surface area contributed by atoms with E-state index in [0.717, 1.165) is 39.0 Å². The van der Waals surface area contributed by atoms with E-state index >= 15 is 0 Å². The minimum atomic E-state index is 0.108. The molecule has 1 heterocycles. The lowest BCUT2D eigenvalue weighted by atomic mass is 9.97. The van der Waals surface area contributed by atoms with Crippen LogP contribution in [0, 0.1) is 5.92 Å². The molecular weight excluding hydrogens is 226 g/mol. The predicted molar refractivity (Wildman–Crippen MR) is 75.7 cm³/mol. The van der Waals surface area contributed by atoms with Crippen molar-refractivity contribution in [3.8, 4) is 0 Å². The van der Waals surface area contributed by atoms with Gasteiger partial charge in [0.1, 0.15) is 0 Å². The standard InChI is InChI=1S/C14H29N3O/c1-4-5-8-16-14(18)17(12(2)3)11-13-6-9-15-10-7-13/h12-13,15H,4-11H2,1-3H3,(H,16,18). The first-order chi connectivity index (χ1) is 8.65. The lowest BCUT2D eigenvalue weighted by molar-refractivity contribution is 0.162. The molecule has 0 aromatic heterocycles. The smallest absolute Gasteiger partial charge is 0.317 e. The lowest BCUT2D eigenvalue weighted by Gasteiger charge is -2.32. The van der Waals surface area contributed by atoms with Gasteiger partial charge >= 0.3 is 6.03 Å². The zero-order valence-corrected chi connectivity index (χ0v) is 12.2. The third-order valence-electron chi connectivity index (χ3n) is 3.60. The van der Waals surface area contributed by atoms with Crippen LogP contribution in [0.25, 0.3) is 0 Å². The van der Waals surface area contributed by atoms with Crippen molar-refractivity contribution < 1.29 is 4.79 Å². The van der Waals surface area contributed by atoms with Crippen LogP contribution in [0.1, 0.15) is 46.5 Å². The second-order valence-electron chi connectivity index (χ2n) is 5.52. The highest BCUT2D eigenvalue weighted by Gasteiger charge is 2.22. The molecule has 0 bridgehead atoms. The Bertz CT molecular complexity index is 237. The number of piperidine rings is 1. The molecule has 0 saturated carbocycles. The van der Waals surface area contributed by atoms with Crippen LogP contribution in [0.3, 0.4) is 0 Å². The molecule has 0 aromatic carbocycles. The first-order valence-corrected chi connectivity index (χ1v) is 7.40.